The normalized spacial score (nSPS) is 10.2. The predicted molar refractivity (Wildman–Crippen MR) is 113 cm³/mol. The lowest BCUT2D eigenvalue weighted by Gasteiger charge is -2.23. The van der Waals surface area contributed by atoms with Gasteiger partial charge in [-0.1, -0.05) is 18.5 Å². The van der Waals surface area contributed by atoms with Crippen LogP contribution in [0.3, 0.4) is 0 Å². The van der Waals surface area contributed by atoms with E-state index in [1.54, 1.807) is 36.4 Å². The lowest BCUT2D eigenvalue weighted by molar-refractivity contribution is 0.0987. The molecule has 7 heteroatoms. The zero-order valence-electron chi connectivity index (χ0n) is 16.9. The molecular formula is C22H25ClN2O4. The van der Waals surface area contributed by atoms with Gasteiger partial charge in [0.1, 0.15) is 5.75 Å². The van der Waals surface area contributed by atoms with Gasteiger partial charge in [0.2, 0.25) is 0 Å². The van der Waals surface area contributed by atoms with Crippen LogP contribution < -0.4 is 19.1 Å². The molecule has 0 radical (unpaired) electrons. The van der Waals surface area contributed by atoms with Crippen molar-refractivity contribution in [3.05, 3.63) is 47.0 Å². The van der Waals surface area contributed by atoms with Gasteiger partial charge in [-0.2, -0.15) is 5.26 Å². The maximum Gasteiger partial charge on any atom is 0.258 e. The van der Waals surface area contributed by atoms with Crippen LogP contribution in [0.5, 0.6) is 17.2 Å². The van der Waals surface area contributed by atoms with Crippen LogP contribution in [0, 0.1) is 11.3 Å². The van der Waals surface area contributed by atoms with Gasteiger partial charge in [0.05, 0.1) is 37.8 Å². The second-order valence-corrected chi connectivity index (χ2v) is 6.54. The molecule has 0 spiro atoms. The van der Waals surface area contributed by atoms with Gasteiger partial charge < -0.3 is 19.1 Å². The molecule has 2 rings (SSSR count). The number of hydrogen-bond acceptors (Lipinski definition) is 5. The molecule has 0 unspecified atom stereocenters. The van der Waals surface area contributed by atoms with Crippen molar-refractivity contribution in [1.82, 2.24) is 0 Å². The number of halogens is 1. The molecule has 0 aliphatic heterocycles. The van der Waals surface area contributed by atoms with Crippen LogP contribution in [0.2, 0.25) is 5.02 Å². The molecule has 2 aromatic carbocycles. The smallest absolute Gasteiger partial charge is 0.258 e. The third kappa shape index (κ3) is 5.78. The SMILES string of the molecule is CCCOc1c(Cl)cc(C(=O)N(CCC#N)c2ccc(OCC)cc2)cc1OC. The third-order valence-corrected chi connectivity index (χ3v) is 4.36. The highest BCUT2D eigenvalue weighted by molar-refractivity contribution is 6.32. The zero-order valence-corrected chi connectivity index (χ0v) is 17.7. The third-order valence-electron chi connectivity index (χ3n) is 4.08. The molecule has 0 heterocycles. The first-order chi connectivity index (χ1) is 14.0. The van der Waals surface area contributed by atoms with E-state index < -0.39 is 0 Å². The van der Waals surface area contributed by atoms with E-state index >= 15 is 0 Å². The molecule has 0 saturated heterocycles. The Bertz CT molecular complexity index is 862. The summed E-state index contributed by atoms with van der Waals surface area (Å²) in [4.78, 5) is 14.8. The minimum absolute atomic E-state index is 0.196. The number of ether oxygens (including phenoxy) is 3. The first-order valence-corrected chi connectivity index (χ1v) is 9.85. The Hall–Kier alpha value is -2.91. The molecule has 0 bridgehead atoms. The van der Waals surface area contributed by atoms with Crippen LogP contribution in [-0.4, -0.2) is 32.8 Å². The van der Waals surface area contributed by atoms with E-state index in [0.717, 1.165) is 6.42 Å². The molecule has 29 heavy (non-hydrogen) atoms. The average Bonchev–Trinajstić information content (AvgIpc) is 2.73. The highest BCUT2D eigenvalue weighted by atomic mass is 35.5. The van der Waals surface area contributed by atoms with Crippen LogP contribution in [0.4, 0.5) is 5.69 Å². The van der Waals surface area contributed by atoms with Crippen LogP contribution in [0.1, 0.15) is 37.0 Å². The number of nitriles is 1. The summed E-state index contributed by atoms with van der Waals surface area (Å²) in [5.41, 5.74) is 1.01. The Morgan fingerprint density at radius 1 is 1.17 bits per heavy atom. The van der Waals surface area contributed by atoms with E-state index in [-0.39, 0.29) is 18.9 Å². The molecule has 0 aliphatic carbocycles. The summed E-state index contributed by atoms with van der Waals surface area (Å²) in [6.07, 6.45) is 1.02. The number of amides is 1. The summed E-state index contributed by atoms with van der Waals surface area (Å²) in [6.45, 7) is 5.19. The summed E-state index contributed by atoms with van der Waals surface area (Å²) in [7, 11) is 1.50. The zero-order chi connectivity index (χ0) is 21.2. The molecule has 0 atom stereocenters. The monoisotopic (exact) mass is 416 g/mol. The van der Waals surface area contributed by atoms with Crippen molar-refractivity contribution in [3.8, 4) is 23.3 Å². The van der Waals surface area contributed by atoms with E-state index in [2.05, 4.69) is 6.07 Å². The van der Waals surface area contributed by atoms with Crippen molar-refractivity contribution in [2.24, 2.45) is 0 Å². The fraction of sp³-hybridized carbons (Fsp3) is 0.364. The Labute approximate surface area is 176 Å². The Balaban J connectivity index is 2.37. The van der Waals surface area contributed by atoms with Gasteiger partial charge in [-0.15, -0.1) is 0 Å². The van der Waals surface area contributed by atoms with Gasteiger partial charge in [-0.25, -0.2) is 0 Å². The summed E-state index contributed by atoms with van der Waals surface area (Å²) in [5, 5.41) is 9.31. The van der Waals surface area contributed by atoms with Crippen molar-refractivity contribution in [3.63, 3.8) is 0 Å². The maximum absolute atomic E-state index is 13.2. The second-order valence-electron chi connectivity index (χ2n) is 6.13. The average molecular weight is 417 g/mol. The molecule has 1 amide bonds. The minimum Gasteiger partial charge on any atom is -0.494 e. The number of hydrogen-bond donors (Lipinski definition) is 0. The lowest BCUT2D eigenvalue weighted by Crippen LogP contribution is -2.31. The molecule has 0 N–H and O–H groups in total. The van der Waals surface area contributed by atoms with E-state index in [0.29, 0.717) is 46.7 Å². The van der Waals surface area contributed by atoms with Crippen LogP contribution >= 0.6 is 11.6 Å². The Morgan fingerprint density at radius 2 is 1.90 bits per heavy atom. The number of benzene rings is 2. The summed E-state index contributed by atoms with van der Waals surface area (Å²) in [6, 6.07) is 12.4. The van der Waals surface area contributed by atoms with Crippen molar-refractivity contribution in [2.75, 3.05) is 31.8 Å². The van der Waals surface area contributed by atoms with E-state index in [9.17, 15) is 4.79 Å². The number of carbonyl (C=O) groups excluding carboxylic acids is 1. The molecule has 0 aliphatic rings. The highest BCUT2D eigenvalue weighted by Gasteiger charge is 2.21. The topological polar surface area (TPSA) is 71.8 Å². The van der Waals surface area contributed by atoms with Gasteiger partial charge in [0, 0.05) is 17.8 Å². The molecule has 6 nitrogen and oxygen atoms in total. The first-order valence-electron chi connectivity index (χ1n) is 9.47. The van der Waals surface area contributed by atoms with E-state index in [1.807, 2.05) is 13.8 Å². The Morgan fingerprint density at radius 3 is 2.48 bits per heavy atom. The van der Waals surface area contributed by atoms with Gasteiger partial charge in [0.15, 0.2) is 11.5 Å². The van der Waals surface area contributed by atoms with Crippen molar-refractivity contribution in [1.29, 1.82) is 5.26 Å². The van der Waals surface area contributed by atoms with Gasteiger partial charge in [-0.05, 0) is 49.7 Å². The van der Waals surface area contributed by atoms with Crippen LogP contribution in [-0.2, 0) is 0 Å². The molecule has 0 aromatic heterocycles. The largest absolute Gasteiger partial charge is 0.494 e. The minimum atomic E-state index is -0.286. The fourth-order valence-corrected chi connectivity index (χ4v) is 3.01. The summed E-state index contributed by atoms with van der Waals surface area (Å²) >= 11 is 6.36. The van der Waals surface area contributed by atoms with E-state index in [1.165, 1.54) is 12.0 Å². The lowest BCUT2D eigenvalue weighted by atomic mass is 10.1. The second kappa shape index (κ2) is 11.2. The van der Waals surface area contributed by atoms with E-state index in [4.69, 9.17) is 31.1 Å². The number of nitrogens with zero attached hydrogens (tertiary/aromatic N) is 2. The predicted octanol–water partition coefficient (Wildman–Crippen LogP) is 5.10. The number of rotatable bonds is 10. The van der Waals surface area contributed by atoms with Crippen LogP contribution in [0.15, 0.2) is 36.4 Å². The summed E-state index contributed by atoms with van der Waals surface area (Å²) in [5.74, 6) is 1.23. The molecule has 154 valence electrons. The molecule has 2 aromatic rings. The highest BCUT2D eigenvalue weighted by Crippen LogP contribution is 2.37. The van der Waals surface area contributed by atoms with Crippen molar-refractivity contribution >= 4 is 23.2 Å². The maximum atomic E-state index is 13.2. The number of methoxy groups -OCH3 is 1. The van der Waals surface area contributed by atoms with Gasteiger partial charge in [-0.3, -0.25) is 4.79 Å². The fourth-order valence-electron chi connectivity index (χ4n) is 2.74. The van der Waals surface area contributed by atoms with Crippen LogP contribution in [0.25, 0.3) is 0 Å². The van der Waals surface area contributed by atoms with Gasteiger partial charge in [0.25, 0.3) is 5.91 Å². The first kappa shape index (κ1) is 22.4. The molecule has 0 fully saturated rings. The quantitative estimate of drug-likeness (QED) is 0.539. The molecular weight excluding hydrogens is 392 g/mol. The summed E-state index contributed by atoms with van der Waals surface area (Å²) < 4.78 is 16.5. The Kier molecular flexibility index (Phi) is 8.63. The van der Waals surface area contributed by atoms with Crippen molar-refractivity contribution < 1.29 is 19.0 Å². The number of carbonyl (C=O) groups is 1. The molecule has 0 saturated carbocycles. The number of anilines is 1. The van der Waals surface area contributed by atoms with Gasteiger partial charge >= 0.3 is 0 Å². The van der Waals surface area contributed by atoms with Crippen molar-refractivity contribution in [2.45, 2.75) is 26.7 Å². The standard InChI is InChI=1S/C22H25ClN2O4/c1-4-13-29-21-19(23)14-16(15-20(21)27-3)22(26)25(12-6-11-24)17-7-9-18(10-8-17)28-5-2/h7-10,14-15H,4-6,12-13H2,1-3H3.